The van der Waals surface area contributed by atoms with E-state index in [0.717, 1.165) is 69.8 Å². The molecule has 3 saturated heterocycles. The summed E-state index contributed by atoms with van der Waals surface area (Å²) >= 11 is 0. The number of hydrogen-bond acceptors (Lipinski definition) is 7. The summed E-state index contributed by atoms with van der Waals surface area (Å²) in [5, 5.41) is 0. The number of benzene rings is 1. The van der Waals surface area contributed by atoms with E-state index < -0.39 is 10.0 Å². The Bertz CT molecular complexity index is 1300. The molecule has 1 amide bonds. The Balaban J connectivity index is 1.25. The number of nitrogens with zero attached hydrogens (tertiary/aromatic N) is 6. The van der Waals surface area contributed by atoms with Crippen LogP contribution in [-0.2, 0) is 10.0 Å². The van der Waals surface area contributed by atoms with Gasteiger partial charge >= 0.3 is 0 Å². The molecule has 9 nitrogen and oxygen atoms in total. The summed E-state index contributed by atoms with van der Waals surface area (Å²) < 4.78 is 25.9. The fourth-order valence-electron chi connectivity index (χ4n) is 7.35. The summed E-state index contributed by atoms with van der Waals surface area (Å²) in [6.07, 6.45) is 6.50. The van der Waals surface area contributed by atoms with E-state index in [1.165, 1.54) is 18.1 Å². The molecule has 3 aliphatic rings. The molecule has 2 aromatic rings. The highest BCUT2D eigenvalue weighted by molar-refractivity contribution is 7.88. The van der Waals surface area contributed by atoms with Gasteiger partial charge in [-0.25, -0.2) is 22.7 Å². The third-order valence-corrected chi connectivity index (χ3v) is 11.2. The first-order valence-corrected chi connectivity index (χ1v) is 16.9. The molecule has 41 heavy (non-hydrogen) atoms. The van der Waals surface area contributed by atoms with Crippen LogP contribution in [-0.4, -0.2) is 107 Å². The molecule has 0 saturated carbocycles. The van der Waals surface area contributed by atoms with E-state index in [9.17, 15) is 13.2 Å². The average molecular weight is 583 g/mol. The van der Waals surface area contributed by atoms with Crippen molar-refractivity contribution < 1.29 is 13.2 Å². The number of piperazine rings is 1. The smallest absolute Gasteiger partial charge is 0.257 e. The fraction of sp³-hybridized carbons (Fsp3) is 0.645. The molecular formula is C31H46N6O3S. The molecule has 1 aromatic carbocycles. The minimum atomic E-state index is -3.15. The predicted octanol–water partition coefficient (Wildman–Crippen LogP) is 3.51. The zero-order valence-electron chi connectivity index (χ0n) is 25.3. The molecule has 3 aliphatic heterocycles. The summed E-state index contributed by atoms with van der Waals surface area (Å²) in [6.45, 7) is 14.1. The van der Waals surface area contributed by atoms with Crippen LogP contribution in [0.5, 0.6) is 0 Å². The molecule has 3 fully saturated rings. The summed E-state index contributed by atoms with van der Waals surface area (Å²) in [5.41, 5.74) is 3.52. The quantitative estimate of drug-likeness (QED) is 0.515. The van der Waals surface area contributed by atoms with Crippen LogP contribution in [0.1, 0.15) is 72.9 Å². The largest absolute Gasteiger partial charge is 0.338 e. The maximum atomic E-state index is 13.3. The van der Waals surface area contributed by atoms with Crippen LogP contribution in [0.4, 0.5) is 0 Å². The lowest BCUT2D eigenvalue weighted by molar-refractivity contribution is -0.0421. The molecule has 0 aliphatic carbocycles. The monoisotopic (exact) mass is 582 g/mol. The second-order valence-electron chi connectivity index (χ2n) is 12.6. The number of carbonyl (C=O) groups excluding carboxylic acids is 1. The number of amides is 1. The van der Waals surface area contributed by atoms with Gasteiger partial charge in [-0.15, -0.1) is 0 Å². The number of carbonyl (C=O) groups is 1. The van der Waals surface area contributed by atoms with Crippen molar-refractivity contribution in [2.24, 2.45) is 5.92 Å². The number of rotatable bonds is 6. The zero-order valence-corrected chi connectivity index (χ0v) is 26.1. The van der Waals surface area contributed by atoms with Crippen molar-refractivity contribution in [3.05, 3.63) is 59.2 Å². The number of likely N-dealkylation sites (tertiary alicyclic amines) is 1. The van der Waals surface area contributed by atoms with Crippen LogP contribution in [0.3, 0.4) is 0 Å². The van der Waals surface area contributed by atoms with Crippen LogP contribution in [0.2, 0.25) is 0 Å². The Hall–Kier alpha value is -2.40. The predicted molar refractivity (Wildman–Crippen MR) is 161 cm³/mol. The van der Waals surface area contributed by atoms with Crippen molar-refractivity contribution in [1.82, 2.24) is 29.0 Å². The van der Waals surface area contributed by atoms with Crippen molar-refractivity contribution >= 4 is 15.9 Å². The van der Waals surface area contributed by atoms with Gasteiger partial charge in [0.1, 0.15) is 6.33 Å². The van der Waals surface area contributed by atoms with E-state index in [1.807, 2.05) is 18.7 Å². The van der Waals surface area contributed by atoms with Crippen molar-refractivity contribution in [3.63, 3.8) is 0 Å². The van der Waals surface area contributed by atoms with Crippen LogP contribution >= 0.6 is 0 Å². The molecule has 0 unspecified atom stereocenters. The number of sulfonamides is 1. The maximum absolute atomic E-state index is 13.3. The van der Waals surface area contributed by atoms with E-state index in [1.54, 1.807) is 4.31 Å². The number of aryl methyl sites for hydroxylation is 2. The zero-order chi connectivity index (χ0) is 29.4. The molecule has 5 rings (SSSR count). The van der Waals surface area contributed by atoms with E-state index in [2.05, 4.69) is 63.9 Å². The first-order valence-electron chi connectivity index (χ1n) is 15.1. The summed E-state index contributed by atoms with van der Waals surface area (Å²) in [6, 6.07) is 11.4. The Kier molecular flexibility index (Phi) is 8.85. The highest BCUT2D eigenvalue weighted by atomic mass is 32.2. The summed E-state index contributed by atoms with van der Waals surface area (Å²) in [5.74, 6) is 0.469. The molecule has 0 spiro atoms. The van der Waals surface area contributed by atoms with Gasteiger partial charge in [0.25, 0.3) is 5.91 Å². The van der Waals surface area contributed by atoms with E-state index in [0.29, 0.717) is 30.6 Å². The Labute approximate surface area is 246 Å². The van der Waals surface area contributed by atoms with E-state index in [-0.39, 0.29) is 17.5 Å². The topological polar surface area (TPSA) is 90.0 Å². The second-order valence-corrected chi connectivity index (χ2v) is 14.6. The number of aromatic nitrogens is 2. The van der Waals surface area contributed by atoms with E-state index >= 15 is 0 Å². The van der Waals surface area contributed by atoms with Crippen LogP contribution in [0, 0.1) is 19.8 Å². The lowest BCUT2D eigenvalue weighted by atomic mass is 9.82. The average Bonchev–Trinajstić information content (AvgIpc) is 2.94. The standard InChI is InChI=1S/C31H46N6O3S/c1-23-21-35(31(4)13-17-34(18-14-31)30(38)28-24(2)32-22-33-25(28)3)19-20-37(23)29(26-9-7-6-8-10-26)27-11-15-36(16-12-27)41(5,39)40/h6-10,22-23,27,29H,11-21H2,1-5H3/t23-,29+/m0/s1. The second kappa shape index (κ2) is 12.1. The Morgan fingerprint density at radius 1 is 0.951 bits per heavy atom. The highest BCUT2D eigenvalue weighted by Crippen LogP contribution is 2.40. The van der Waals surface area contributed by atoms with Gasteiger partial charge in [-0.3, -0.25) is 14.6 Å². The van der Waals surface area contributed by atoms with Crippen LogP contribution in [0.15, 0.2) is 36.7 Å². The summed E-state index contributed by atoms with van der Waals surface area (Å²) in [7, 11) is -3.15. The number of hydrogen-bond donors (Lipinski definition) is 0. The minimum absolute atomic E-state index is 0.0495. The normalized spacial score (nSPS) is 24.3. The lowest BCUT2D eigenvalue weighted by Crippen LogP contribution is -2.63. The molecule has 2 atom stereocenters. The molecule has 10 heteroatoms. The van der Waals surface area contributed by atoms with Gasteiger partial charge in [0.05, 0.1) is 23.2 Å². The maximum Gasteiger partial charge on any atom is 0.257 e. The van der Waals surface area contributed by atoms with Gasteiger partial charge in [-0.1, -0.05) is 30.3 Å². The van der Waals surface area contributed by atoms with Gasteiger partial charge in [-0.2, -0.15) is 0 Å². The Morgan fingerprint density at radius 3 is 2.12 bits per heavy atom. The molecule has 0 radical (unpaired) electrons. The first-order chi connectivity index (χ1) is 19.5. The van der Waals surface area contributed by atoms with E-state index in [4.69, 9.17) is 0 Å². The molecule has 224 valence electrons. The fourth-order valence-corrected chi connectivity index (χ4v) is 8.23. The SMILES string of the molecule is Cc1ncnc(C)c1C(=O)N1CCC(C)(N2CCN([C@H](c3ccccc3)C3CCN(S(C)(=O)=O)CC3)[C@@H](C)C2)CC1. The van der Waals surface area contributed by atoms with Crippen molar-refractivity contribution in [1.29, 1.82) is 0 Å². The number of piperidine rings is 2. The molecule has 1 aromatic heterocycles. The van der Waals surface area contributed by atoms with Gasteiger partial charge < -0.3 is 4.90 Å². The van der Waals surface area contributed by atoms with Gasteiger partial charge in [0.15, 0.2) is 0 Å². The molecule has 0 bridgehead atoms. The van der Waals surface area contributed by atoms with Gasteiger partial charge in [-0.05, 0) is 64.9 Å². The van der Waals surface area contributed by atoms with Gasteiger partial charge in [0.2, 0.25) is 10.0 Å². The summed E-state index contributed by atoms with van der Waals surface area (Å²) in [4.78, 5) is 29.2. The van der Waals surface area contributed by atoms with Gasteiger partial charge in [0, 0.05) is 63.4 Å². The molecule has 0 N–H and O–H groups in total. The minimum Gasteiger partial charge on any atom is -0.338 e. The third kappa shape index (κ3) is 6.35. The third-order valence-electron chi connectivity index (χ3n) is 9.92. The van der Waals surface area contributed by atoms with Crippen LogP contribution < -0.4 is 0 Å². The Morgan fingerprint density at radius 2 is 1.56 bits per heavy atom. The van der Waals surface area contributed by atoms with Crippen molar-refractivity contribution in [2.75, 3.05) is 52.1 Å². The lowest BCUT2D eigenvalue weighted by Gasteiger charge is -2.54. The molecular weight excluding hydrogens is 536 g/mol. The molecule has 4 heterocycles. The first kappa shape index (κ1) is 30.1. The highest BCUT2D eigenvalue weighted by Gasteiger charge is 2.43. The van der Waals surface area contributed by atoms with Crippen molar-refractivity contribution in [3.8, 4) is 0 Å². The van der Waals surface area contributed by atoms with Crippen molar-refractivity contribution in [2.45, 2.75) is 71.0 Å². The van der Waals surface area contributed by atoms with Crippen LogP contribution in [0.25, 0.3) is 0 Å².